The number of carbonyl (C=O) groups is 1. The quantitative estimate of drug-likeness (QED) is 0.887. The number of rotatable bonds is 5. The molecule has 0 saturated carbocycles. The van der Waals surface area contributed by atoms with Crippen LogP contribution >= 0.6 is 23.2 Å². The van der Waals surface area contributed by atoms with Crippen LogP contribution < -0.4 is 4.74 Å². The van der Waals surface area contributed by atoms with Crippen LogP contribution in [-0.4, -0.2) is 17.2 Å². The van der Waals surface area contributed by atoms with Gasteiger partial charge < -0.3 is 9.84 Å². The number of halogens is 2. The Hall–Kier alpha value is -1.71. The second kappa shape index (κ2) is 6.83. The first-order valence-electron chi connectivity index (χ1n) is 6.36. The van der Waals surface area contributed by atoms with Crippen LogP contribution in [0.25, 0.3) is 0 Å². The van der Waals surface area contributed by atoms with Gasteiger partial charge in [0.15, 0.2) is 6.10 Å². The molecule has 0 aliphatic carbocycles. The summed E-state index contributed by atoms with van der Waals surface area (Å²) in [6, 6.07) is 12.2. The summed E-state index contributed by atoms with van der Waals surface area (Å²) in [4.78, 5) is 11.4. The van der Waals surface area contributed by atoms with Crippen molar-refractivity contribution in [1.82, 2.24) is 0 Å². The zero-order valence-corrected chi connectivity index (χ0v) is 12.9. The molecule has 1 N–H and O–H groups in total. The number of carboxylic acids is 1. The van der Waals surface area contributed by atoms with Crippen LogP contribution in [0.15, 0.2) is 42.5 Å². The molecule has 1 atom stereocenters. The van der Waals surface area contributed by atoms with E-state index in [9.17, 15) is 9.90 Å². The standard InChI is InChI=1S/C16H14Cl2O3/c1-10-6-7-12(17)8-11(10)9-15(16(19)20)21-14-5-3-2-4-13(14)18/h2-8,15H,9H2,1H3,(H,19,20). The van der Waals surface area contributed by atoms with Crippen LogP contribution in [0.5, 0.6) is 5.75 Å². The predicted octanol–water partition coefficient (Wildman–Crippen LogP) is 4.38. The molecule has 0 bridgehead atoms. The molecule has 0 fully saturated rings. The van der Waals surface area contributed by atoms with E-state index >= 15 is 0 Å². The van der Waals surface area contributed by atoms with Gasteiger partial charge in [0, 0.05) is 11.4 Å². The van der Waals surface area contributed by atoms with E-state index in [1.807, 2.05) is 13.0 Å². The lowest BCUT2D eigenvalue weighted by molar-refractivity contribution is -0.145. The molecule has 0 saturated heterocycles. The molecule has 2 aromatic rings. The molecular formula is C16H14Cl2O3. The van der Waals surface area contributed by atoms with Crippen molar-refractivity contribution in [2.75, 3.05) is 0 Å². The predicted molar refractivity (Wildman–Crippen MR) is 83.4 cm³/mol. The van der Waals surface area contributed by atoms with Gasteiger partial charge in [-0.25, -0.2) is 4.79 Å². The first-order chi connectivity index (χ1) is 9.97. The number of carboxylic acid groups (broad SMARTS) is 1. The summed E-state index contributed by atoms with van der Waals surface area (Å²) in [7, 11) is 0. The lowest BCUT2D eigenvalue weighted by Crippen LogP contribution is -2.29. The van der Waals surface area contributed by atoms with Gasteiger partial charge in [-0.15, -0.1) is 0 Å². The minimum absolute atomic E-state index is 0.215. The normalized spacial score (nSPS) is 12.0. The van der Waals surface area contributed by atoms with Crippen molar-refractivity contribution in [1.29, 1.82) is 0 Å². The summed E-state index contributed by atoms with van der Waals surface area (Å²) in [5.41, 5.74) is 1.80. The number of para-hydroxylation sites is 1. The van der Waals surface area contributed by atoms with E-state index in [2.05, 4.69) is 0 Å². The molecule has 5 heteroatoms. The molecule has 0 aliphatic heterocycles. The molecular weight excluding hydrogens is 311 g/mol. The molecule has 0 amide bonds. The Labute approximate surface area is 133 Å². The molecule has 110 valence electrons. The van der Waals surface area contributed by atoms with Crippen molar-refractivity contribution < 1.29 is 14.6 Å². The maximum Gasteiger partial charge on any atom is 0.345 e. The van der Waals surface area contributed by atoms with E-state index in [1.54, 1.807) is 36.4 Å². The highest BCUT2D eigenvalue weighted by molar-refractivity contribution is 6.32. The van der Waals surface area contributed by atoms with Crippen LogP contribution in [0.2, 0.25) is 10.0 Å². The fourth-order valence-electron chi connectivity index (χ4n) is 1.93. The monoisotopic (exact) mass is 324 g/mol. The molecule has 0 radical (unpaired) electrons. The third kappa shape index (κ3) is 4.13. The Balaban J connectivity index is 2.22. The van der Waals surface area contributed by atoms with Crippen LogP contribution in [0, 0.1) is 6.92 Å². The number of aryl methyl sites for hydroxylation is 1. The largest absolute Gasteiger partial charge is 0.478 e. The van der Waals surface area contributed by atoms with Crippen molar-refractivity contribution in [3.8, 4) is 5.75 Å². The van der Waals surface area contributed by atoms with Gasteiger partial charge in [-0.05, 0) is 42.3 Å². The zero-order chi connectivity index (χ0) is 15.4. The summed E-state index contributed by atoms with van der Waals surface area (Å²) in [6.07, 6.45) is -0.811. The maximum atomic E-state index is 11.4. The van der Waals surface area contributed by atoms with Gasteiger partial charge >= 0.3 is 5.97 Å². The molecule has 2 aromatic carbocycles. The second-order valence-corrected chi connectivity index (χ2v) is 5.49. The highest BCUT2D eigenvalue weighted by Gasteiger charge is 2.22. The molecule has 2 rings (SSSR count). The topological polar surface area (TPSA) is 46.5 Å². The van der Waals surface area contributed by atoms with Crippen molar-refractivity contribution in [2.24, 2.45) is 0 Å². The summed E-state index contributed by atoms with van der Waals surface area (Å²) >= 11 is 11.9. The molecule has 0 heterocycles. The first kappa shape index (κ1) is 15.7. The Morgan fingerprint density at radius 1 is 1.24 bits per heavy atom. The Bertz CT molecular complexity index is 656. The molecule has 3 nitrogen and oxygen atoms in total. The van der Waals surface area contributed by atoms with E-state index in [-0.39, 0.29) is 6.42 Å². The minimum Gasteiger partial charge on any atom is -0.478 e. The average molecular weight is 325 g/mol. The van der Waals surface area contributed by atoms with Gasteiger partial charge in [-0.1, -0.05) is 41.4 Å². The van der Waals surface area contributed by atoms with E-state index < -0.39 is 12.1 Å². The van der Waals surface area contributed by atoms with E-state index in [4.69, 9.17) is 27.9 Å². The fourth-order valence-corrected chi connectivity index (χ4v) is 2.31. The van der Waals surface area contributed by atoms with Crippen LogP contribution in [-0.2, 0) is 11.2 Å². The summed E-state index contributed by atoms with van der Waals surface area (Å²) in [5, 5.41) is 10.3. The Kier molecular flexibility index (Phi) is 5.10. The van der Waals surface area contributed by atoms with Crippen LogP contribution in [0.1, 0.15) is 11.1 Å². The second-order valence-electron chi connectivity index (χ2n) is 4.65. The first-order valence-corrected chi connectivity index (χ1v) is 7.12. The molecule has 1 unspecified atom stereocenters. The molecule has 21 heavy (non-hydrogen) atoms. The van der Waals surface area contributed by atoms with E-state index in [1.165, 1.54) is 0 Å². The van der Waals surface area contributed by atoms with Crippen LogP contribution in [0.3, 0.4) is 0 Å². The lowest BCUT2D eigenvalue weighted by atomic mass is 10.0. The highest BCUT2D eigenvalue weighted by atomic mass is 35.5. The third-order valence-corrected chi connectivity index (χ3v) is 3.65. The number of hydrogen-bond acceptors (Lipinski definition) is 2. The van der Waals surface area contributed by atoms with E-state index in [0.29, 0.717) is 15.8 Å². The Morgan fingerprint density at radius 2 is 1.95 bits per heavy atom. The van der Waals surface area contributed by atoms with Gasteiger partial charge in [0.25, 0.3) is 0 Å². The smallest absolute Gasteiger partial charge is 0.345 e. The summed E-state index contributed by atoms with van der Waals surface area (Å²) in [5.74, 6) is -0.694. The van der Waals surface area contributed by atoms with Crippen molar-refractivity contribution in [2.45, 2.75) is 19.4 Å². The molecule has 0 aromatic heterocycles. The molecule has 0 spiro atoms. The Morgan fingerprint density at radius 3 is 2.62 bits per heavy atom. The lowest BCUT2D eigenvalue weighted by Gasteiger charge is -2.17. The maximum absolute atomic E-state index is 11.4. The van der Waals surface area contributed by atoms with Gasteiger partial charge in [0.2, 0.25) is 0 Å². The average Bonchev–Trinajstić information content (AvgIpc) is 2.44. The minimum atomic E-state index is -1.05. The van der Waals surface area contributed by atoms with E-state index in [0.717, 1.165) is 11.1 Å². The number of aliphatic carboxylic acids is 1. The van der Waals surface area contributed by atoms with Gasteiger partial charge in [-0.2, -0.15) is 0 Å². The van der Waals surface area contributed by atoms with Gasteiger partial charge in [0.1, 0.15) is 5.75 Å². The summed E-state index contributed by atoms with van der Waals surface area (Å²) < 4.78 is 5.53. The van der Waals surface area contributed by atoms with Crippen LogP contribution in [0.4, 0.5) is 0 Å². The molecule has 0 aliphatic rings. The van der Waals surface area contributed by atoms with Gasteiger partial charge in [0.05, 0.1) is 5.02 Å². The van der Waals surface area contributed by atoms with Gasteiger partial charge in [-0.3, -0.25) is 0 Å². The zero-order valence-electron chi connectivity index (χ0n) is 11.3. The third-order valence-electron chi connectivity index (χ3n) is 3.10. The SMILES string of the molecule is Cc1ccc(Cl)cc1CC(Oc1ccccc1Cl)C(=O)O. The van der Waals surface area contributed by atoms with Crippen molar-refractivity contribution >= 4 is 29.2 Å². The highest BCUT2D eigenvalue weighted by Crippen LogP contribution is 2.26. The number of ether oxygens (including phenoxy) is 1. The van der Waals surface area contributed by atoms with Crippen molar-refractivity contribution in [3.05, 3.63) is 63.6 Å². The fraction of sp³-hybridized carbons (Fsp3) is 0.188. The van der Waals surface area contributed by atoms with Crippen molar-refractivity contribution in [3.63, 3.8) is 0 Å². The number of hydrogen-bond donors (Lipinski definition) is 1. The summed E-state index contributed by atoms with van der Waals surface area (Å²) in [6.45, 7) is 1.90. The number of benzene rings is 2.